The van der Waals surface area contributed by atoms with E-state index in [4.69, 9.17) is 0 Å². The average Bonchev–Trinajstić information content (AvgIpc) is 2.31. The second kappa shape index (κ2) is 5.17. The van der Waals surface area contributed by atoms with Gasteiger partial charge in [0.25, 0.3) is 0 Å². The smallest absolute Gasteiger partial charge is 0.125 e. The highest BCUT2D eigenvalue weighted by Gasteiger charge is 2.04. The Hall–Kier alpha value is -1.90. The van der Waals surface area contributed by atoms with Crippen molar-refractivity contribution in [1.82, 2.24) is 9.97 Å². The van der Waals surface area contributed by atoms with Crippen LogP contribution in [0.1, 0.15) is 28.2 Å². The third kappa shape index (κ3) is 2.67. The van der Waals surface area contributed by atoms with E-state index in [0.29, 0.717) is 0 Å². The van der Waals surface area contributed by atoms with E-state index in [0.717, 1.165) is 23.6 Å². The number of hydrogen-bond acceptors (Lipinski definition) is 3. The molecule has 0 saturated heterocycles. The standard InChI is InChI=1S/C15H19N3/c1-10-6-5-7-11(2)15(10)17-9-14-8-16-13(4)18-12(14)3/h5-8,17H,9H2,1-4H3. The molecule has 2 aromatic rings. The number of para-hydroxylation sites is 1. The van der Waals surface area contributed by atoms with Crippen molar-refractivity contribution in [2.45, 2.75) is 34.2 Å². The van der Waals surface area contributed by atoms with E-state index in [-0.39, 0.29) is 0 Å². The minimum absolute atomic E-state index is 0.762. The van der Waals surface area contributed by atoms with Crippen molar-refractivity contribution >= 4 is 5.69 Å². The summed E-state index contributed by atoms with van der Waals surface area (Å²) in [5, 5.41) is 3.48. The Labute approximate surface area is 108 Å². The number of aryl methyl sites for hydroxylation is 4. The maximum Gasteiger partial charge on any atom is 0.125 e. The van der Waals surface area contributed by atoms with Crippen LogP contribution in [-0.4, -0.2) is 9.97 Å². The molecule has 3 heteroatoms. The number of benzene rings is 1. The zero-order valence-corrected chi connectivity index (χ0v) is 11.4. The van der Waals surface area contributed by atoms with Crippen molar-refractivity contribution in [1.29, 1.82) is 0 Å². The fourth-order valence-corrected chi connectivity index (χ4v) is 2.06. The van der Waals surface area contributed by atoms with Crippen LogP contribution in [0.15, 0.2) is 24.4 Å². The Kier molecular flexibility index (Phi) is 3.60. The summed E-state index contributed by atoms with van der Waals surface area (Å²) in [5.41, 5.74) is 5.92. The molecule has 3 nitrogen and oxygen atoms in total. The summed E-state index contributed by atoms with van der Waals surface area (Å²) >= 11 is 0. The lowest BCUT2D eigenvalue weighted by molar-refractivity contribution is 0.949. The molecule has 0 radical (unpaired) electrons. The molecule has 0 unspecified atom stereocenters. The minimum Gasteiger partial charge on any atom is -0.380 e. The molecule has 0 aliphatic carbocycles. The van der Waals surface area contributed by atoms with Gasteiger partial charge in [0.1, 0.15) is 5.82 Å². The summed E-state index contributed by atoms with van der Waals surface area (Å²) in [7, 11) is 0. The predicted octanol–water partition coefficient (Wildman–Crippen LogP) is 3.32. The molecule has 0 aliphatic rings. The molecule has 0 atom stereocenters. The van der Waals surface area contributed by atoms with Gasteiger partial charge in [-0.1, -0.05) is 18.2 Å². The fraction of sp³-hybridized carbons (Fsp3) is 0.333. The lowest BCUT2D eigenvalue weighted by Crippen LogP contribution is -2.06. The van der Waals surface area contributed by atoms with Gasteiger partial charge in [0.05, 0.1) is 0 Å². The van der Waals surface area contributed by atoms with E-state index >= 15 is 0 Å². The van der Waals surface area contributed by atoms with Crippen molar-refractivity contribution in [2.75, 3.05) is 5.32 Å². The van der Waals surface area contributed by atoms with E-state index in [9.17, 15) is 0 Å². The predicted molar refractivity (Wildman–Crippen MR) is 74.7 cm³/mol. The Morgan fingerprint density at radius 1 is 1.06 bits per heavy atom. The summed E-state index contributed by atoms with van der Waals surface area (Å²) < 4.78 is 0. The molecular formula is C15H19N3. The van der Waals surface area contributed by atoms with Crippen LogP contribution in [0.3, 0.4) is 0 Å². The third-order valence-corrected chi connectivity index (χ3v) is 3.14. The molecule has 0 bridgehead atoms. The van der Waals surface area contributed by atoms with Gasteiger partial charge in [-0.05, 0) is 38.8 Å². The highest BCUT2D eigenvalue weighted by molar-refractivity contribution is 5.56. The van der Waals surface area contributed by atoms with Gasteiger partial charge >= 0.3 is 0 Å². The molecule has 1 heterocycles. The average molecular weight is 241 g/mol. The molecular weight excluding hydrogens is 222 g/mol. The summed E-state index contributed by atoms with van der Waals surface area (Å²) in [6, 6.07) is 6.32. The molecule has 0 spiro atoms. The second-order valence-corrected chi connectivity index (χ2v) is 4.65. The summed E-state index contributed by atoms with van der Waals surface area (Å²) in [6.45, 7) is 8.94. The van der Waals surface area contributed by atoms with E-state index in [1.165, 1.54) is 16.8 Å². The van der Waals surface area contributed by atoms with Crippen LogP contribution in [0.25, 0.3) is 0 Å². The molecule has 0 aliphatic heterocycles. The topological polar surface area (TPSA) is 37.8 Å². The first kappa shape index (κ1) is 12.6. The van der Waals surface area contributed by atoms with Gasteiger partial charge in [0.15, 0.2) is 0 Å². The summed E-state index contributed by atoms with van der Waals surface area (Å²) in [5.74, 6) is 0.823. The van der Waals surface area contributed by atoms with E-state index in [1.54, 1.807) is 0 Å². The lowest BCUT2D eigenvalue weighted by Gasteiger charge is -2.13. The SMILES string of the molecule is Cc1ncc(CNc2c(C)cccc2C)c(C)n1. The van der Waals surface area contributed by atoms with E-state index < -0.39 is 0 Å². The van der Waals surface area contributed by atoms with Gasteiger partial charge in [0, 0.05) is 29.7 Å². The number of hydrogen-bond donors (Lipinski definition) is 1. The monoisotopic (exact) mass is 241 g/mol. The van der Waals surface area contributed by atoms with E-state index in [2.05, 4.69) is 47.3 Å². The van der Waals surface area contributed by atoms with E-state index in [1.807, 2.05) is 20.0 Å². The van der Waals surface area contributed by atoms with Crippen molar-refractivity contribution in [3.8, 4) is 0 Å². The molecule has 1 aromatic heterocycles. The number of nitrogens with zero attached hydrogens (tertiary/aromatic N) is 2. The fourth-order valence-electron chi connectivity index (χ4n) is 2.06. The molecule has 1 aromatic carbocycles. The number of anilines is 1. The number of nitrogens with one attached hydrogen (secondary N) is 1. The first-order chi connectivity index (χ1) is 8.58. The van der Waals surface area contributed by atoms with Gasteiger partial charge in [-0.25, -0.2) is 9.97 Å². The van der Waals surface area contributed by atoms with Gasteiger partial charge in [0.2, 0.25) is 0 Å². The third-order valence-electron chi connectivity index (χ3n) is 3.14. The quantitative estimate of drug-likeness (QED) is 0.895. The van der Waals surface area contributed by atoms with Crippen molar-refractivity contribution in [3.63, 3.8) is 0 Å². The minimum atomic E-state index is 0.762. The highest BCUT2D eigenvalue weighted by Crippen LogP contribution is 2.20. The maximum atomic E-state index is 4.38. The van der Waals surface area contributed by atoms with Gasteiger partial charge in [-0.15, -0.1) is 0 Å². The molecule has 0 fully saturated rings. The maximum absolute atomic E-state index is 4.38. The summed E-state index contributed by atoms with van der Waals surface area (Å²) in [6.07, 6.45) is 1.90. The van der Waals surface area contributed by atoms with Crippen molar-refractivity contribution < 1.29 is 0 Å². The first-order valence-electron chi connectivity index (χ1n) is 6.17. The number of rotatable bonds is 3. The van der Waals surface area contributed by atoms with Gasteiger partial charge < -0.3 is 5.32 Å². The number of aromatic nitrogens is 2. The zero-order chi connectivity index (χ0) is 13.1. The Morgan fingerprint density at radius 3 is 2.33 bits per heavy atom. The second-order valence-electron chi connectivity index (χ2n) is 4.65. The molecule has 1 N–H and O–H groups in total. The first-order valence-corrected chi connectivity index (χ1v) is 6.17. The summed E-state index contributed by atoms with van der Waals surface area (Å²) in [4.78, 5) is 8.63. The van der Waals surface area contributed by atoms with Crippen LogP contribution in [-0.2, 0) is 6.54 Å². The van der Waals surface area contributed by atoms with Gasteiger partial charge in [-0.2, -0.15) is 0 Å². The molecule has 0 amide bonds. The van der Waals surface area contributed by atoms with Crippen LogP contribution < -0.4 is 5.32 Å². The Balaban J connectivity index is 2.16. The molecule has 0 saturated carbocycles. The normalized spacial score (nSPS) is 10.4. The molecule has 94 valence electrons. The van der Waals surface area contributed by atoms with Crippen LogP contribution in [0.4, 0.5) is 5.69 Å². The van der Waals surface area contributed by atoms with Crippen LogP contribution in [0.2, 0.25) is 0 Å². The van der Waals surface area contributed by atoms with Gasteiger partial charge in [-0.3, -0.25) is 0 Å². The van der Waals surface area contributed by atoms with Crippen LogP contribution in [0, 0.1) is 27.7 Å². The van der Waals surface area contributed by atoms with Crippen molar-refractivity contribution in [2.24, 2.45) is 0 Å². The highest BCUT2D eigenvalue weighted by atomic mass is 14.9. The largest absolute Gasteiger partial charge is 0.380 e. The molecule has 18 heavy (non-hydrogen) atoms. The molecule has 2 rings (SSSR count). The van der Waals surface area contributed by atoms with Crippen molar-refractivity contribution in [3.05, 3.63) is 52.6 Å². The Bertz CT molecular complexity index is 541. The zero-order valence-electron chi connectivity index (χ0n) is 11.4. The van der Waals surface area contributed by atoms with Crippen LogP contribution >= 0.6 is 0 Å². The lowest BCUT2D eigenvalue weighted by atomic mass is 10.1. The van der Waals surface area contributed by atoms with Crippen LogP contribution in [0.5, 0.6) is 0 Å². The Morgan fingerprint density at radius 2 is 1.72 bits per heavy atom.